The molecule has 10 nitrogen and oxygen atoms in total. The van der Waals surface area contributed by atoms with Gasteiger partial charge in [0.1, 0.15) is 6.61 Å². The van der Waals surface area contributed by atoms with Crippen molar-refractivity contribution in [2.45, 2.75) is 206 Å². The fourth-order valence-electron chi connectivity index (χ4n) is 7.80. The molecule has 1 N–H and O–H groups in total. The lowest BCUT2D eigenvalue weighted by Crippen LogP contribution is -2.29. The quantitative estimate of drug-likeness (QED) is 0.0338. The predicted octanol–water partition coefficient (Wildman–Crippen LogP) is 13.5. The number of hydrogen-bond donors (Lipinski definition) is 1. The number of ether oxygens (including phenoxy) is 2. The van der Waals surface area contributed by atoms with E-state index in [4.69, 9.17) is 18.5 Å². The summed E-state index contributed by atoms with van der Waals surface area (Å²) in [7, 11) is -4.69. The third-order valence-corrected chi connectivity index (χ3v) is 12.4. The van der Waals surface area contributed by atoms with E-state index in [2.05, 4.69) is 13.8 Å². The van der Waals surface area contributed by atoms with E-state index < -0.39 is 32.5 Å². The zero-order valence-electron chi connectivity index (χ0n) is 37.6. The topological polar surface area (TPSA) is 142 Å². The monoisotopic (exact) mass is 869 g/mol. The van der Waals surface area contributed by atoms with Crippen molar-refractivity contribution in [2.24, 2.45) is 0 Å². The molecule has 1 unspecified atom stereocenters. The van der Waals surface area contributed by atoms with Gasteiger partial charge in [-0.2, -0.15) is 0 Å². The van der Waals surface area contributed by atoms with Crippen molar-refractivity contribution >= 4 is 31.3 Å². The van der Waals surface area contributed by atoms with Crippen LogP contribution < -0.4 is 0 Å². The van der Waals surface area contributed by atoms with Gasteiger partial charge in [-0.1, -0.05) is 198 Å². The standard InChI is InChI=1S/C50H77O10P/c1-3-5-7-9-11-13-15-17-19-21-23-25-27-33-47(51)57-39-42(60-48(52)34-28-26-24-22-20-18-16-14-12-10-8-6-4-2)40-59-61(55,56)58-38-41-35-36-45-46(37-41)50(54)44-32-30-29-31-43(44)49(45)53/h29-32,35-37,42H,3-28,33-34,38-40H2,1-2H3,(H,55,56)/t42-/m1/s1. The lowest BCUT2D eigenvalue weighted by molar-refractivity contribution is -0.161. The highest BCUT2D eigenvalue weighted by Gasteiger charge is 2.30. The van der Waals surface area contributed by atoms with Crippen molar-refractivity contribution in [3.8, 4) is 0 Å². The van der Waals surface area contributed by atoms with Gasteiger partial charge in [-0.25, -0.2) is 4.57 Å². The smallest absolute Gasteiger partial charge is 0.462 e. The van der Waals surface area contributed by atoms with Crippen molar-refractivity contribution in [3.05, 3.63) is 70.3 Å². The number of hydrogen-bond acceptors (Lipinski definition) is 9. The Morgan fingerprint density at radius 1 is 0.525 bits per heavy atom. The molecule has 0 heterocycles. The Morgan fingerprint density at radius 3 is 1.41 bits per heavy atom. The summed E-state index contributed by atoms with van der Waals surface area (Å²) in [6.07, 6.45) is 30.3. The van der Waals surface area contributed by atoms with Crippen LogP contribution in [-0.4, -0.2) is 47.7 Å². The van der Waals surface area contributed by atoms with Crippen molar-refractivity contribution in [1.82, 2.24) is 0 Å². The van der Waals surface area contributed by atoms with Crippen LogP contribution in [0.3, 0.4) is 0 Å². The molecular formula is C50H77O10P. The number of fused-ring (bicyclic) bond motifs is 2. The van der Waals surface area contributed by atoms with E-state index in [9.17, 15) is 28.6 Å². The van der Waals surface area contributed by atoms with Crippen LogP contribution in [0.15, 0.2) is 42.5 Å². The minimum Gasteiger partial charge on any atom is -0.462 e. The van der Waals surface area contributed by atoms with Crippen LogP contribution in [0.25, 0.3) is 0 Å². The number of carbonyl (C=O) groups is 4. The molecule has 61 heavy (non-hydrogen) atoms. The van der Waals surface area contributed by atoms with Gasteiger partial charge in [-0.15, -0.1) is 0 Å². The van der Waals surface area contributed by atoms with E-state index in [1.165, 1.54) is 128 Å². The first kappa shape index (κ1) is 52.2. The number of phosphoric acid groups is 1. The van der Waals surface area contributed by atoms with E-state index in [-0.39, 0.29) is 48.7 Å². The number of phosphoric ester groups is 1. The van der Waals surface area contributed by atoms with Gasteiger partial charge in [-0.3, -0.25) is 28.2 Å². The van der Waals surface area contributed by atoms with Gasteiger partial charge in [0.25, 0.3) is 0 Å². The minimum absolute atomic E-state index is 0.179. The van der Waals surface area contributed by atoms with Gasteiger partial charge in [-0.05, 0) is 30.5 Å². The van der Waals surface area contributed by atoms with Gasteiger partial charge >= 0.3 is 19.8 Å². The summed E-state index contributed by atoms with van der Waals surface area (Å²) in [5.41, 5.74) is 1.47. The molecule has 1 aliphatic rings. The lowest BCUT2D eigenvalue weighted by atomic mass is 9.83. The van der Waals surface area contributed by atoms with Crippen LogP contribution in [0.5, 0.6) is 0 Å². The molecule has 0 saturated heterocycles. The molecule has 11 heteroatoms. The maximum Gasteiger partial charge on any atom is 0.472 e. The van der Waals surface area contributed by atoms with Gasteiger partial charge < -0.3 is 14.4 Å². The predicted molar refractivity (Wildman–Crippen MR) is 242 cm³/mol. The highest BCUT2D eigenvalue weighted by molar-refractivity contribution is 7.47. The van der Waals surface area contributed by atoms with E-state index in [1.807, 2.05) is 0 Å². The van der Waals surface area contributed by atoms with Crippen molar-refractivity contribution in [2.75, 3.05) is 13.2 Å². The van der Waals surface area contributed by atoms with Gasteiger partial charge in [0, 0.05) is 35.1 Å². The molecule has 0 bridgehead atoms. The SMILES string of the molecule is CCCCCCCCCCCCCCCC(=O)OC[C@H](COP(=O)(O)OCc1ccc2c(c1)C(=O)c1ccccc1C2=O)OC(=O)CCCCCCCCCCCCCCC. The van der Waals surface area contributed by atoms with Crippen molar-refractivity contribution in [1.29, 1.82) is 0 Å². The Morgan fingerprint density at radius 2 is 0.934 bits per heavy atom. The fraction of sp³-hybridized carbons (Fsp3) is 0.680. The number of rotatable bonds is 37. The van der Waals surface area contributed by atoms with E-state index in [0.29, 0.717) is 29.5 Å². The second kappa shape index (κ2) is 31.6. The van der Waals surface area contributed by atoms with Crippen LogP contribution in [0.1, 0.15) is 231 Å². The minimum atomic E-state index is -4.69. The molecule has 2 aromatic rings. The fourth-order valence-corrected chi connectivity index (χ4v) is 8.54. The van der Waals surface area contributed by atoms with Crippen LogP contribution in [0.2, 0.25) is 0 Å². The number of esters is 2. The summed E-state index contributed by atoms with van der Waals surface area (Å²) in [6.45, 7) is 3.25. The summed E-state index contributed by atoms with van der Waals surface area (Å²) in [6, 6.07) is 11.1. The molecule has 2 atom stereocenters. The van der Waals surface area contributed by atoms with Crippen LogP contribution in [-0.2, 0) is 39.3 Å². The highest BCUT2D eigenvalue weighted by atomic mass is 31.2. The number of ketones is 2. The largest absolute Gasteiger partial charge is 0.472 e. The molecule has 342 valence electrons. The van der Waals surface area contributed by atoms with Crippen LogP contribution >= 0.6 is 7.82 Å². The van der Waals surface area contributed by atoms with Gasteiger partial charge in [0.2, 0.25) is 0 Å². The number of carbonyl (C=O) groups excluding carboxylic acids is 4. The zero-order valence-corrected chi connectivity index (χ0v) is 38.5. The Labute approximate surface area is 367 Å². The molecule has 0 fully saturated rings. The summed E-state index contributed by atoms with van der Waals surface area (Å²) in [4.78, 5) is 62.2. The van der Waals surface area contributed by atoms with Gasteiger partial charge in [0.05, 0.1) is 13.2 Å². The summed E-state index contributed by atoms with van der Waals surface area (Å²) in [5, 5.41) is 0. The second-order valence-corrected chi connectivity index (χ2v) is 18.4. The molecular weight excluding hydrogens is 792 g/mol. The summed E-state index contributed by atoms with van der Waals surface area (Å²) in [5.74, 6) is -1.50. The summed E-state index contributed by atoms with van der Waals surface area (Å²) < 4.78 is 34.5. The average molecular weight is 869 g/mol. The molecule has 0 aliphatic heterocycles. The van der Waals surface area contributed by atoms with E-state index in [1.54, 1.807) is 30.3 Å². The first-order chi connectivity index (χ1) is 29.6. The van der Waals surface area contributed by atoms with Crippen molar-refractivity contribution < 1.29 is 47.2 Å². The first-order valence-electron chi connectivity index (χ1n) is 23.9. The average Bonchev–Trinajstić information content (AvgIpc) is 3.26. The summed E-state index contributed by atoms with van der Waals surface area (Å²) >= 11 is 0. The number of unbranched alkanes of at least 4 members (excludes halogenated alkanes) is 24. The lowest BCUT2D eigenvalue weighted by Gasteiger charge is -2.20. The molecule has 0 amide bonds. The Kier molecular flexibility index (Phi) is 27.1. The zero-order chi connectivity index (χ0) is 44.0. The Hall–Kier alpha value is -3.17. The normalized spacial score (nSPS) is 13.7. The molecule has 0 radical (unpaired) electrons. The van der Waals surface area contributed by atoms with E-state index in [0.717, 1.165) is 38.5 Å². The highest BCUT2D eigenvalue weighted by Crippen LogP contribution is 2.44. The Balaban J connectivity index is 1.40. The third-order valence-electron chi connectivity index (χ3n) is 11.5. The molecule has 0 aromatic heterocycles. The molecule has 0 saturated carbocycles. The molecule has 0 spiro atoms. The van der Waals surface area contributed by atoms with Crippen LogP contribution in [0.4, 0.5) is 0 Å². The molecule has 3 rings (SSSR count). The van der Waals surface area contributed by atoms with E-state index >= 15 is 0 Å². The maximum atomic E-state index is 13.1. The Bertz CT molecular complexity index is 1620. The van der Waals surface area contributed by atoms with Gasteiger partial charge in [0.15, 0.2) is 17.7 Å². The van der Waals surface area contributed by atoms with Crippen molar-refractivity contribution in [3.63, 3.8) is 0 Å². The number of benzene rings is 2. The molecule has 2 aromatic carbocycles. The first-order valence-corrected chi connectivity index (χ1v) is 25.4. The second-order valence-electron chi connectivity index (χ2n) is 16.9. The van der Waals surface area contributed by atoms with Crippen LogP contribution in [0, 0.1) is 0 Å². The third kappa shape index (κ3) is 22.1. The molecule has 1 aliphatic carbocycles. The maximum absolute atomic E-state index is 13.1.